The van der Waals surface area contributed by atoms with Crippen molar-refractivity contribution in [1.82, 2.24) is 10.2 Å². The van der Waals surface area contributed by atoms with Gasteiger partial charge in [0.2, 0.25) is 11.8 Å². The van der Waals surface area contributed by atoms with E-state index in [0.717, 1.165) is 11.3 Å². The van der Waals surface area contributed by atoms with Crippen molar-refractivity contribution in [2.45, 2.75) is 32.4 Å². The normalized spacial score (nSPS) is 17.4. The van der Waals surface area contributed by atoms with Gasteiger partial charge in [0.1, 0.15) is 5.75 Å². The number of methoxy groups -OCH3 is 1. The van der Waals surface area contributed by atoms with Gasteiger partial charge in [0.15, 0.2) is 0 Å². The van der Waals surface area contributed by atoms with Crippen LogP contribution in [0, 0.1) is 5.92 Å². The number of amides is 2. The first kappa shape index (κ1) is 20.3. The van der Waals surface area contributed by atoms with Gasteiger partial charge in [-0.1, -0.05) is 12.1 Å². The predicted molar refractivity (Wildman–Crippen MR) is 95.0 cm³/mol. The molecule has 1 fully saturated rings. The molecule has 6 nitrogen and oxygen atoms in total. The maximum absolute atomic E-state index is 12.2. The monoisotopic (exact) mass is 355 g/mol. The molecule has 0 aromatic heterocycles. The van der Waals surface area contributed by atoms with Gasteiger partial charge in [0.25, 0.3) is 0 Å². The summed E-state index contributed by atoms with van der Waals surface area (Å²) in [6, 6.07) is 7.58. The van der Waals surface area contributed by atoms with Crippen LogP contribution >= 0.6 is 12.4 Å². The summed E-state index contributed by atoms with van der Waals surface area (Å²) in [5.74, 6) is 0.383. The molecule has 1 heterocycles. The fourth-order valence-electron chi connectivity index (χ4n) is 2.51. The highest BCUT2D eigenvalue weighted by Crippen LogP contribution is 2.21. The van der Waals surface area contributed by atoms with Gasteiger partial charge in [-0.15, -0.1) is 12.4 Å². The molecule has 134 valence electrons. The van der Waals surface area contributed by atoms with E-state index in [0.29, 0.717) is 19.6 Å². The van der Waals surface area contributed by atoms with Crippen LogP contribution in [0.25, 0.3) is 0 Å². The largest absolute Gasteiger partial charge is 0.497 e. The highest BCUT2D eigenvalue weighted by Gasteiger charge is 2.34. The van der Waals surface area contributed by atoms with Crippen LogP contribution < -0.4 is 15.8 Å². The standard InChI is InChI=1S/C17H25N3O3.ClH/c1-17(2,18)11-19-16(22)13-8-15(21)20(10-13)9-12-4-6-14(23-3)7-5-12;/h4-7,13H,8-11,18H2,1-3H3,(H,19,22);1H. The zero-order valence-corrected chi connectivity index (χ0v) is 15.2. The zero-order chi connectivity index (χ0) is 17.0. The Balaban J connectivity index is 0.00000288. The van der Waals surface area contributed by atoms with Gasteiger partial charge in [0, 0.05) is 31.6 Å². The summed E-state index contributed by atoms with van der Waals surface area (Å²) in [5.41, 5.74) is 6.42. The molecule has 2 amide bonds. The van der Waals surface area contributed by atoms with Crippen LogP contribution in [0.3, 0.4) is 0 Å². The number of carbonyl (C=O) groups is 2. The lowest BCUT2D eigenvalue weighted by Gasteiger charge is -2.21. The lowest BCUT2D eigenvalue weighted by atomic mass is 10.1. The van der Waals surface area contributed by atoms with Crippen LogP contribution in [0.1, 0.15) is 25.8 Å². The molecule has 1 aliphatic rings. The number of hydrogen-bond donors (Lipinski definition) is 2. The molecule has 2 rings (SSSR count). The van der Waals surface area contributed by atoms with Crippen LogP contribution in [0.4, 0.5) is 0 Å². The van der Waals surface area contributed by atoms with Crippen molar-refractivity contribution < 1.29 is 14.3 Å². The van der Waals surface area contributed by atoms with Crippen LogP contribution in [0.15, 0.2) is 24.3 Å². The van der Waals surface area contributed by atoms with Crippen molar-refractivity contribution in [3.05, 3.63) is 29.8 Å². The number of benzene rings is 1. The quantitative estimate of drug-likeness (QED) is 0.806. The first-order valence-electron chi connectivity index (χ1n) is 7.76. The molecule has 3 N–H and O–H groups in total. The number of carbonyl (C=O) groups excluding carboxylic acids is 2. The van der Waals surface area contributed by atoms with Gasteiger partial charge < -0.3 is 20.7 Å². The number of hydrogen-bond acceptors (Lipinski definition) is 4. The minimum absolute atomic E-state index is 0. The number of rotatable bonds is 6. The van der Waals surface area contributed by atoms with Gasteiger partial charge in [-0.3, -0.25) is 9.59 Å². The summed E-state index contributed by atoms with van der Waals surface area (Å²) in [7, 11) is 1.62. The fraction of sp³-hybridized carbons (Fsp3) is 0.529. The molecule has 1 unspecified atom stereocenters. The molecular formula is C17H26ClN3O3. The Morgan fingerprint density at radius 1 is 1.38 bits per heavy atom. The average Bonchev–Trinajstić information content (AvgIpc) is 2.86. The van der Waals surface area contributed by atoms with E-state index in [4.69, 9.17) is 10.5 Å². The number of nitrogens with two attached hydrogens (primary N) is 1. The molecule has 1 saturated heterocycles. The summed E-state index contributed by atoms with van der Waals surface area (Å²) in [5, 5.41) is 2.83. The Hall–Kier alpha value is -1.79. The molecule has 24 heavy (non-hydrogen) atoms. The first-order chi connectivity index (χ1) is 10.8. The summed E-state index contributed by atoms with van der Waals surface area (Å²) in [4.78, 5) is 26.0. The lowest BCUT2D eigenvalue weighted by Crippen LogP contribution is -2.46. The molecule has 1 aromatic carbocycles. The second-order valence-electron chi connectivity index (χ2n) is 6.73. The Morgan fingerprint density at radius 3 is 2.54 bits per heavy atom. The third-order valence-electron chi connectivity index (χ3n) is 3.84. The van der Waals surface area contributed by atoms with Crippen molar-refractivity contribution >= 4 is 24.2 Å². The van der Waals surface area contributed by atoms with Gasteiger partial charge in [-0.2, -0.15) is 0 Å². The Kier molecular flexibility index (Phi) is 7.05. The molecular weight excluding hydrogens is 330 g/mol. The van der Waals surface area contributed by atoms with E-state index in [1.54, 1.807) is 12.0 Å². The number of nitrogens with one attached hydrogen (secondary N) is 1. The van der Waals surface area contributed by atoms with Gasteiger partial charge in [-0.05, 0) is 31.5 Å². The summed E-state index contributed by atoms with van der Waals surface area (Å²) in [6.45, 7) is 5.05. The van der Waals surface area contributed by atoms with E-state index >= 15 is 0 Å². The van der Waals surface area contributed by atoms with E-state index < -0.39 is 5.54 Å². The highest BCUT2D eigenvalue weighted by atomic mass is 35.5. The molecule has 0 spiro atoms. The van der Waals surface area contributed by atoms with E-state index in [2.05, 4.69) is 5.32 Å². The van der Waals surface area contributed by atoms with Gasteiger partial charge >= 0.3 is 0 Å². The minimum Gasteiger partial charge on any atom is -0.497 e. The average molecular weight is 356 g/mol. The van der Waals surface area contributed by atoms with Crippen molar-refractivity contribution in [1.29, 1.82) is 0 Å². The Labute approximate surface area is 149 Å². The smallest absolute Gasteiger partial charge is 0.225 e. The third-order valence-corrected chi connectivity index (χ3v) is 3.84. The van der Waals surface area contributed by atoms with Crippen molar-refractivity contribution in [2.75, 3.05) is 20.2 Å². The van der Waals surface area contributed by atoms with Crippen LogP contribution in [0.5, 0.6) is 5.75 Å². The van der Waals surface area contributed by atoms with Gasteiger partial charge in [-0.25, -0.2) is 0 Å². The minimum atomic E-state index is -0.457. The van der Waals surface area contributed by atoms with Crippen molar-refractivity contribution in [2.24, 2.45) is 11.7 Å². The molecule has 0 bridgehead atoms. The maximum Gasteiger partial charge on any atom is 0.225 e. The summed E-state index contributed by atoms with van der Waals surface area (Å²) in [6.07, 6.45) is 0.257. The summed E-state index contributed by atoms with van der Waals surface area (Å²) < 4.78 is 5.12. The number of nitrogens with zero attached hydrogens (tertiary/aromatic N) is 1. The number of likely N-dealkylation sites (tertiary alicyclic amines) is 1. The van der Waals surface area contributed by atoms with E-state index in [-0.39, 0.29) is 36.6 Å². The molecule has 1 aromatic rings. The first-order valence-corrected chi connectivity index (χ1v) is 7.76. The predicted octanol–water partition coefficient (Wildman–Crippen LogP) is 1.32. The third kappa shape index (κ3) is 5.69. The highest BCUT2D eigenvalue weighted by molar-refractivity contribution is 5.89. The van der Waals surface area contributed by atoms with E-state index in [1.807, 2.05) is 38.1 Å². The molecule has 7 heteroatoms. The Bertz CT molecular complexity index is 569. The summed E-state index contributed by atoms with van der Waals surface area (Å²) >= 11 is 0. The topological polar surface area (TPSA) is 84.7 Å². The van der Waals surface area contributed by atoms with E-state index in [9.17, 15) is 9.59 Å². The van der Waals surface area contributed by atoms with Crippen LogP contribution in [-0.4, -0.2) is 42.5 Å². The van der Waals surface area contributed by atoms with Crippen LogP contribution in [0.2, 0.25) is 0 Å². The maximum atomic E-state index is 12.2. The SMILES string of the molecule is COc1ccc(CN2CC(C(=O)NCC(C)(C)N)CC2=O)cc1.Cl. The van der Waals surface area contributed by atoms with E-state index in [1.165, 1.54) is 0 Å². The van der Waals surface area contributed by atoms with Crippen LogP contribution in [-0.2, 0) is 16.1 Å². The number of halogens is 1. The second kappa shape index (κ2) is 8.35. The molecule has 1 aliphatic heterocycles. The molecule has 0 saturated carbocycles. The molecule has 0 radical (unpaired) electrons. The number of ether oxygens (including phenoxy) is 1. The van der Waals surface area contributed by atoms with Crippen molar-refractivity contribution in [3.63, 3.8) is 0 Å². The molecule has 1 atom stereocenters. The lowest BCUT2D eigenvalue weighted by molar-refractivity contribution is -0.129. The fourth-order valence-corrected chi connectivity index (χ4v) is 2.51. The Morgan fingerprint density at radius 2 is 2.00 bits per heavy atom. The van der Waals surface area contributed by atoms with Gasteiger partial charge in [0.05, 0.1) is 13.0 Å². The second-order valence-corrected chi connectivity index (χ2v) is 6.73. The zero-order valence-electron chi connectivity index (χ0n) is 14.4. The van der Waals surface area contributed by atoms with Crippen molar-refractivity contribution in [3.8, 4) is 5.75 Å². The molecule has 0 aliphatic carbocycles.